The molecule has 0 radical (unpaired) electrons. The molecule has 0 saturated carbocycles. The van der Waals surface area contributed by atoms with Gasteiger partial charge in [-0.3, -0.25) is 4.79 Å². The molecule has 1 aliphatic rings. The van der Waals surface area contributed by atoms with Gasteiger partial charge in [-0.05, 0) is 37.8 Å². The molecule has 1 amide bonds. The van der Waals surface area contributed by atoms with Gasteiger partial charge >= 0.3 is 0 Å². The van der Waals surface area contributed by atoms with Crippen LogP contribution >= 0.6 is 11.3 Å². The van der Waals surface area contributed by atoms with Crippen LogP contribution in [0.1, 0.15) is 38.9 Å². The van der Waals surface area contributed by atoms with E-state index in [-0.39, 0.29) is 5.91 Å². The summed E-state index contributed by atoms with van der Waals surface area (Å²) in [6.07, 6.45) is 4.80. The Morgan fingerprint density at radius 2 is 1.96 bits per heavy atom. The number of nitrogens with zero attached hydrogens (tertiary/aromatic N) is 5. The van der Waals surface area contributed by atoms with Crippen LogP contribution in [0.25, 0.3) is 0 Å². The topological polar surface area (TPSA) is 62.2 Å². The van der Waals surface area contributed by atoms with Crippen molar-refractivity contribution in [3.63, 3.8) is 0 Å². The van der Waals surface area contributed by atoms with Crippen molar-refractivity contribution in [2.45, 2.75) is 32.2 Å². The zero-order valence-electron chi connectivity index (χ0n) is 13.7. The fraction of sp³-hybridized carbons (Fsp3) is 0.500. The Bertz CT molecular complexity index is 671. The van der Waals surface area contributed by atoms with Crippen molar-refractivity contribution in [1.29, 1.82) is 0 Å². The van der Waals surface area contributed by atoms with Crippen molar-refractivity contribution in [3.8, 4) is 0 Å². The molecule has 0 aliphatic heterocycles. The molecule has 2 aromatic heterocycles. The van der Waals surface area contributed by atoms with Gasteiger partial charge in [0, 0.05) is 26.0 Å². The minimum atomic E-state index is -0.140. The summed E-state index contributed by atoms with van der Waals surface area (Å²) in [5.74, 6) is 0.604. The fourth-order valence-electron chi connectivity index (χ4n) is 2.63. The Morgan fingerprint density at radius 3 is 2.61 bits per heavy atom. The van der Waals surface area contributed by atoms with E-state index < -0.39 is 0 Å². The van der Waals surface area contributed by atoms with Gasteiger partial charge in [0.25, 0.3) is 5.91 Å². The number of carbonyl (C=O) groups excluding carboxylic acids is 1. The Kier molecular flexibility index (Phi) is 4.56. The molecular weight excluding hydrogens is 310 g/mol. The monoisotopic (exact) mass is 331 g/mol. The molecule has 3 rings (SSSR count). The van der Waals surface area contributed by atoms with Gasteiger partial charge in [0.15, 0.2) is 11.5 Å². The maximum Gasteiger partial charge on any atom is 0.273 e. The van der Waals surface area contributed by atoms with Gasteiger partial charge in [-0.25, -0.2) is 4.98 Å². The van der Waals surface area contributed by atoms with E-state index in [2.05, 4.69) is 10.2 Å². The molecule has 122 valence electrons. The molecule has 2 aromatic rings. The van der Waals surface area contributed by atoms with Crippen LogP contribution in [0, 0.1) is 0 Å². The van der Waals surface area contributed by atoms with E-state index >= 15 is 0 Å². The Morgan fingerprint density at radius 1 is 1.17 bits per heavy atom. The van der Waals surface area contributed by atoms with Gasteiger partial charge in [-0.15, -0.1) is 21.5 Å². The van der Waals surface area contributed by atoms with Crippen molar-refractivity contribution in [2.75, 3.05) is 26.0 Å². The largest absolute Gasteiger partial charge is 0.351 e. The smallest absolute Gasteiger partial charge is 0.273 e. The Balaban J connectivity index is 1.69. The molecule has 0 atom stereocenters. The number of thiazole rings is 1. The van der Waals surface area contributed by atoms with Crippen molar-refractivity contribution in [2.24, 2.45) is 0 Å². The molecule has 2 heterocycles. The molecule has 0 saturated heterocycles. The molecule has 0 spiro atoms. The second kappa shape index (κ2) is 6.62. The number of anilines is 1. The zero-order chi connectivity index (χ0) is 16.4. The molecule has 0 bridgehead atoms. The lowest BCUT2D eigenvalue weighted by Gasteiger charge is -2.16. The lowest BCUT2D eigenvalue weighted by molar-refractivity contribution is 0.0821. The maximum absolute atomic E-state index is 11.8. The number of amides is 1. The minimum Gasteiger partial charge on any atom is -0.351 e. The van der Waals surface area contributed by atoms with E-state index in [1.165, 1.54) is 28.3 Å². The average Bonchev–Trinajstić information content (AvgIpc) is 2.96. The SMILES string of the molecule is CN(C)C(=O)c1ccc(N(C)Cc2nc3c(s2)CCCC3)nn1. The normalized spacial score (nSPS) is 13.5. The van der Waals surface area contributed by atoms with E-state index in [0.29, 0.717) is 12.2 Å². The third-order valence-corrected chi connectivity index (χ3v) is 5.07. The highest BCUT2D eigenvalue weighted by Crippen LogP contribution is 2.27. The van der Waals surface area contributed by atoms with Crippen LogP contribution in [0.5, 0.6) is 0 Å². The second-order valence-corrected chi connectivity index (χ2v) is 7.19. The first-order chi connectivity index (χ1) is 11.0. The van der Waals surface area contributed by atoms with Crippen LogP contribution in [0.2, 0.25) is 0 Å². The van der Waals surface area contributed by atoms with Crippen molar-refractivity contribution >= 4 is 23.1 Å². The fourth-order valence-corrected chi connectivity index (χ4v) is 3.84. The Hall–Kier alpha value is -2.02. The van der Waals surface area contributed by atoms with Gasteiger partial charge in [0.2, 0.25) is 0 Å². The van der Waals surface area contributed by atoms with Crippen LogP contribution < -0.4 is 4.90 Å². The van der Waals surface area contributed by atoms with Crippen LogP contribution in [0.15, 0.2) is 12.1 Å². The van der Waals surface area contributed by atoms with Gasteiger partial charge in [-0.1, -0.05) is 0 Å². The highest BCUT2D eigenvalue weighted by Gasteiger charge is 2.17. The van der Waals surface area contributed by atoms with Crippen molar-refractivity contribution < 1.29 is 4.79 Å². The van der Waals surface area contributed by atoms with Gasteiger partial charge in [-0.2, -0.15) is 0 Å². The number of fused-ring (bicyclic) bond motifs is 1. The highest BCUT2D eigenvalue weighted by atomic mass is 32.1. The van der Waals surface area contributed by atoms with Gasteiger partial charge < -0.3 is 9.80 Å². The van der Waals surface area contributed by atoms with E-state index in [1.807, 2.05) is 29.4 Å². The first-order valence-corrected chi connectivity index (χ1v) is 8.60. The number of hydrogen-bond acceptors (Lipinski definition) is 6. The summed E-state index contributed by atoms with van der Waals surface area (Å²) in [5.41, 5.74) is 1.64. The lowest BCUT2D eigenvalue weighted by Crippen LogP contribution is -2.24. The van der Waals surface area contributed by atoms with Crippen LogP contribution in [-0.4, -0.2) is 47.1 Å². The number of carbonyl (C=O) groups is 1. The predicted molar refractivity (Wildman–Crippen MR) is 90.9 cm³/mol. The molecule has 0 aromatic carbocycles. The first kappa shape index (κ1) is 15.9. The molecule has 0 unspecified atom stereocenters. The van der Waals surface area contributed by atoms with Crippen LogP contribution in [0.4, 0.5) is 5.82 Å². The maximum atomic E-state index is 11.8. The Labute approximate surface area is 140 Å². The predicted octanol–water partition coefficient (Wildman–Crippen LogP) is 2.15. The number of aryl methyl sites for hydroxylation is 2. The number of hydrogen-bond donors (Lipinski definition) is 0. The summed E-state index contributed by atoms with van der Waals surface area (Å²) in [5, 5.41) is 9.31. The number of aromatic nitrogens is 3. The van der Waals surface area contributed by atoms with E-state index in [9.17, 15) is 4.79 Å². The molecule has 1 aliphatic carbocycles. The van der Waals surface area contributed by atoms with E-state index in [0.717, 1.165) is 23.7 Å². The summed E-state index contributed by atoms with van der Waals surface area (Å²) in [6.45, 7) is 0.716. The third kappa shape index (κ3) is 3.50. The van der Waals surface area contributed by atoms with Gasteiger partial charge in [0.1, 0.15) is 5.01 Å². The quantitative estimate of drug-likeness (QED) is 0.859. The van der Waals surface area contributed by atoms with Gasteiger partial charge in [0.05, 0.1) is 12.2 Å². The van der Waals surface area contributed by atoms with E-state index in [4.69, 9.17) is 4.98 Å². The minimum absolute atomic E-state index is 0.140. The molecule has 23 heavy (non-hydrogen) atoms. The summed E-state index contributed by atoms with van der Waals surface area (Å²) in [6, 6.07) is 3.55. The molecular formula is C16H21N5OS. The zero-order valence-corrected chi connectivity index (χ0v) is 14.6. The first-order valence-electron chi connectivity index (χ1n) is 7.78. The third-order valence-electron chi connectivity index (χ3n) is 3.93. The molecule has 7 heteroatoms. The molecule has 6 nitrogen and oxygen atoms in total. The lowest BCUT2D eigenvalue weighted by atomic mass is 10.0. The molecule has 0 fully saturated rings. The summed E-state index contributed by atoms with van der Waals surface area (Å²) in [7, 11) is 5.38. The average molecular weight is 331 g/mol. The van der Waals surface area contributed by atoms with E-state index in [1.54, 1.807) is 20.2 Å². The summed E-state index contributed by atoms with van der Waals surface area (Å²) >= 11 is 1.81. The van der Waals surface area contributed by atoms with Crippen molar-refractivity contribution in [3.05, 3.63) is 33.4 Å². The standard InChI is InChI=1S/C16H21N5OS/c1-20(2)16(22)12-8-9-14(19-18-12)21(3)10-15-17-11-6-4-5-7-13(11)23-15/h8-9H,4-7,10H2,1-3H3. The second-order valence-electron chi connectivity index (χ2n) is 6.02. The summed E-state index contributed by atoms with van der Waals surface area (Å²) in [4.78, 5) is 21.5. The number of rotatable bonds is 4. The van der Waals surface area contributed by atoms with Crippen LogP contribution in [-0.2, 0) is 19.4 Å². The molecule has 0 N–H and O–H groups in total. The highest BCUT2D eigenvalue weighted by molar-refractivity contribution is 7.11. The van der Waals surface area contributed by atoms with Crippen molar-refractivity contribution in [1.82, 2.24) is 20.1 Å². The summed E-state index contributed by atoms with van der Waals surface area (Å²) < 4.78 is 0. The van der Waals surface area contributed by atoms with Crippen LogP contribution in [0.3, 0.4) is 0 Å².